The zero-order chi connectivity index (χ0) is 14.6. The number of carbonyl (C=O) groups excluding carboxylic acids is 1. The molecule has 0 aliphatic rings. The summed E-state index contributed by atoms with van der Waals surface area (Å²) in [5, 5.41) is 2.61. The van der Waals surface area contributed by atoms with Crippen molar-refractivity contribution in [3.8, 4) is 0 Å². The standard InChI is InChI=1S/C11H20N4O3S/c1-9(2)7-15-6-5-12-11(15)13-10(16)8-14(3)19(4,17)18/h5-6,9H,7-8H2,1-4H3,(H,12,13,16). The van der Waals surface area contributed by atoms with Gasteiger partial charge in [0.05, 0.1) is 12.8 Å². The Kier molecular flexibility index (Phi) is 5.07. The first kappa shape index (κ1) is 15.6. The third-order valence-electron chi connectivity index (χ3n) is 2.46. The molecule has 108 valence electrons. The zero-order valence-electron chi connectivity index (χ0n) is 11.6. The molecule has 1 heterocycles. The van der Waals surface area contributed by atoms with Gasteiger partial charge in [0.1, 0.15) is 0 Å². The molecular weight excluding hydrogens is 268 g/mol. The van der Waals surface area contributed by atoms with Crippen LogP contribution < -0.4 is 5.32 Å². The van der Waals surface area contributed by atoms with Gasteiger partial charge >= 0.3 is 0 Å². The predicted molar refractivity (Wildman–Crippen MR) is 73.2 cm³/mol. The molecular formula is C11H20N4O3S. The number of rotatable bonds is 6. The van der Waals surface area contributed by atoms with Gasteiger partial charge in [-0.2, -0.15) is 4.31 Å². The van der Waals surface area contributed by atoms with Crippen molar-refractivity contribution in [2.45, 2.75) is 20.4 Å². The molecule has 8 heteroatoms. The van der Waals surface area contributed by atoms with Crippen LogP contribution in [0, 0.1) is 5.92 Å². The quantitative estimate of drug-likeness (QED) is 0.819. The van der Waals surface area contributed by atoms with Gasteiger partial charge in [0.25, 0.3) is 0 Å². The van der Waals surface area contributed by atoms with Gasteiger partial charge in [0, 0.05) is 26.0 Å². The Labute approximate surface area is 113 Å². The van der Waals surface area contributed by atoms with Crippen LogP contribution in [0.1, 0.15) is 13.8 Å². The highest BCUT2D eigenvalue weighted by Gasteiger charge is 2.16. The number of aromatic nitrogens is 2. The van der Waals surface area contributed by atoms with Crippen molar-refractivity contribution < 1.29 is 13.2 Å². The summed E-state index contributed by atoms with van der Waals surface area (Å²) in [5.41, 5.74) is 0. The highest BCUT2D eigenvalue weighted by molar-refractivity contribution is 7.88. The third kappa shape index (κ3) is 4.99. The van der Waals surface area contributed by atoms with Gasteiger partial charge in [0.2, 0.25) is 21.9 Å². The van der Waals surface area contributed by atoms with Gasteiger partial charge in [-0.25, -0.2) is 13.4 Å². The molecule has 0 aliphatic carbocycles. The number of sulfonamides is 1. The lowest BCUT2D eigenvalue weighted by Gasteiger charge is -2.14. The summed E-state index contributed by atoms with van der Waals surface area (Å²) in [5.74, 6) is 0.438. The predicted octanol–water partition coefficient (Wildman–Crippen LogP) is 0.369. The van der Waals surface area contributed by atoms with Crippen LogP contribution in [-0.4, -0.2) is 48.0 Å². The normalized spacial score (nSPS) is 12.1. The molecule has 0 unspecified atom stereocenters. The van der Waals surface area contributed by atoms with Gasteiger partial charge < -0.3 is 4.57 Å². The Balaban J connectivity index is 2.65. The van der Waals surface area contributed by atoms with Gasteiger partial charge in [-0.05, 0) is 5.92 Å². The molecule has 1 aromatic heterocycles. The maximum absolute atomic E-state index is 11.7. The number of hydrogen-bond donors (Lipinski definition) is 1. The van der Waals surface area contributed by atoms with Crippen LogP contribution in [0.3, 0.4) is 0 Å². The van der Waals surface area contributed by atoms with E-state index in [9.17, 15) is 13.2 Å². The molecule has 0 aromatic carbocycles. The van der Waals surface area contributed by atoms with Crippen molar-refractivity contribution in [2.75, 3.05) is 25.2 Å². The maximum Gasteiger partial charge on any atom is 0.241 e. The van der Waals surface area contributed by atoms with E-state index in [1.807, 2.05) is 4.57 Å². The number of imidazole rings is 1. The minimum Gasteiger partial charge on any atom is -0.317 e. The van der Waals surface area contributed by atoms with Crippen molar-refractivity contribution in [3.05, 3.63) is 12.4 Å². The summed E-state index contributed by atoms with van der Waals surface area (Å²) in [6.07, 6.45) is 4.42. The summed E-state index contributed by atoms with van der Waals surface area (Å²) in [6.45, 7) is 4.62. The zero-order valence-corrected chi connectivity index (χ0v) is 12.4. The van der Waals surface area contributed by atoms with Crippen molar-refractivity contribution >= 4 is 21.9 Å². The summed E-state index contributed by atoms with van der Waals surface area (Å²) >= 11 is 0. The molecule has 19 heavy (non-hydrogen) atoms. The number of nitrogens with zero attached hydrogens (tertiary/aromatic N) is 3. The first-order chi connectivity index (χ1) is 8.70. The first-order valence-corrected chi connectivity index (χ1v) is 7.77. The van der Waals surface area contributed by atoms with E-state index in [0.717, 1.165) is 17.1 Å². The topological polar surface area (TPSA) is 84.3 Å². The number of likely N-dealkylation sites (N-methyl/N-ethyl adjacent to an activating group) is 1. The average Bonchev–Trinajstić information content (AvgIpc) is 2.63. The highest BCUT2D eigenvalue weighted by Crippen LogP contribution is 2.08. The van der Waals surface area contributed by atoms with Crippen molar-refractivity contribution in [1.82, 2.24) is 13.9 Å². The molecule has 0 saturated heterocycles. The molecule has 7 nitrogen and oxygen atoms in total. The summed E-state index contributed by atoms with van der Waals surface area (Å²) < 4.78 is 25.2. The first-order valence-electron chi connectivity index (χ1n) is 5.92. The molecule has 0 saturated carbocycles. The SMILES string of the molecule is CC(C)Cn1ccnc1NC(=O)CN(C)S(C)(=O)=O. The third-order valence-corrected chi connectivity index (χ3v) is 3.72. The monoisotopic (exact) mass is 288 g/mol. The molecule has 1 N–H and O–H groups in total. The number of anilines is 1. The molecule has 1 rings (SSSR count). The van der Waals surface area contributed by atoms with E-state index in [2.05, 4.69) is 24.1 Å². The van der Waals surface area contributed by atoms with Crippen molar-refractivity contribution in [1.29, 1.82) is 0 Å². The fourth-order valence-corrected chi connectivity index (χ4v) is 1.81. The van der Waals surface area contributed by atoms with Crippen molar-refractivity contribution in [2.24, 2.45) is 5.92 Å². The van der Waals surface area contributed by atoms with Gasteiger partial charge in [0.15, 0.2) is 0 Å². The largest absolute Gasteiger partial charge is 0.317 e. The van der Waals surface area contributed by atoms with Crippen LogP contribution in [-0.2, 0) is 21.4 Å². The Morgan fingerprint density at radius 2 is 2.16 bits per heavy atom. The second-order valence-electron chi connectivity index (χ2n) is 4.86. The van der Waals surface area contributed by atoms with Crippen LogP contribution in [0.5, 0.6) is 0 Å². The number of carbonyl (C=O) groups is 1. The second-order valence-corrected chi connectivity index (χ2v) is 6.95. The Bertz CT molecular complexity index is 536. The molecule has 0 radical (unpaired) electrons. The van der Waals surface area contributed by atoms with E-state index >= 15 is 0 Å². The lowest BCUT2D eigenvalue weighted by molar-refractivity contribution is -0.116. The fourth-order valence-electron chi connectivity index (χ4n) is 1.46. The van der Waals surface area contributed by atoms with Crippen LogP contribution >= 0.6 is 0 Å². The minimum absolute atomic E-state index is 0.229. The smallest absolute Gasteiger partial charge is 0.241 e. The Morgan fingerprint density at radius 1 is 1.53 bits per heavy atom. The lowest BCUT2D eigenvalue weighted by Crippen LogP contribution is -2.34. The molecule has 1 amide bonds. The van der Waals surface area contributed by atoms with Crippen LogP contribution in [0.15, 0.2) is 12.4 Å². The maximum atomic E-state index is 11.7. The van der Waals surface area contributed by atoms with Crippen LogP contribution in [0.2, 0.25) is 0 Å². The molecule has 0 spiro atoms. The van der Waals surface area contributed by atoms with Gasteiger partial charge in [-0.3, -0.25) is 10.1 Å². The van der Waals surface area contributed by atoms with E-state index in [1.165, 1.54) is 7.05 Å². The summed E-state index contributed by atoms with van der Waals surface area (Å²) in [4.78, 5) is 15.8. The molecule has 0 bridgehead atoms. The Hall–Kier alpha value is -1.41. The summed E-state index contributed by atoms with van der Waals surface area (Å²) in [7, 11) is -2.00. The fraction of sp³-hybridized carbons (Fsp3) is 0.636. The van der Waals surface area contributed by atoms with Crippen molar-refractivity contribution in [3.63, 3.8) is 0 Å². The molecule has 0 fully saturated rings. The Morgan fingerprint density at radius 3 is 2.68 bits per heavy atom. The highest BCUT2D eigenvalue weighted by atomic mass is 32.2. The van der Waals surface area contributed by atoms with Crippen LogP contribution in [0.4, 0.5) is 5.95 Å². The number of hydrogen-bond acceptors (Lipinski definition) is 4. The lowest BCUT2D eigenvalue weighted by atomic mass is 10.2. The minimum atomic E-state index is -3.36. The van der Waals surface area contributed by atoms with E-state index in [1.54, 1.807) is 12.4 Å². The van der Waals surface area contributed by atoms with Gasteiger partial charge in [-0.1, -0.05) is 13.8 Å². The van der Waals surface area contributed by atoms with E-state index in [-0.39, 0.29) is 6.54 Å². The molecule has 1 aromatic rings. The van der Waals surface area contributed by atoms with E-state index in [0.29, 0.717) is 11.9 Å². The molecule has 0 atom stereocenters. The van der Waals surface area contributed by atoms with Gasteiger partial charge in [-0.15, -0.1) is 0 Å². The average molecular weight is 288 g/mol. The number of amides is 1. The second kappa shape index (κ2) is 6.16. The van der Waals surface area contributed by atoms with E-state index in [4.69, 9.17) is 0 Å². The summed E-state index contributed by atoms with van der Waals surface area (Å²) in [6, 6.07) is 0. The van der Waals surface area contributed by atoms with Crippen LogP contribution in [0.25, 0.3) is 0 Å². The molecule has 0 aliphatic heterocycles. The van der Waals surface area contributed by atoms with E-state index < -0.39 is 15.9 Å². The number of nitrogens with one attached hydrogen (secondary N) is 1.